The lowest BCUT2D eigenvalue weighted by molar-refractivity contribution is 0.718. The molecule has 0 bridgehead atoms. The van der Waals surface area contributed by atoms with Gasteiger partial charge in [0.1, 0.15) is 5.65 Å². The number of pyridine rings is 1. The molecule has 0 atom stereocenters. The molecule has 0 amide bonds. The van der Waals surface area contributed by atoms with Crippen LogP contribution >= 0.6 is 0 Å². The Morgan fingerprint density at radius 1 is 0.694 bits per heavy atom. The van der Waals surface area contributed by atoms with Crippen LogP contribution in [0.4, 0.5) is 0 Å². The normalized spacial score (nSPS) is 11.6. The summed E-state index contributed by atoms with van der Waals surface area (Å²) in [6.07, 6.45) is 6.96. The molecule has 2 nitrogen and oxygen atoms in total. The molecule has 0 radical (unpaired) electrons. The van der Waals surface area contributed by atoms with E-state index in [0.29, 0.717) is 0 Å². The van der Waals surface area contributed by atoms with Crippen molar-refractivity contribution < 1.29 is 0 Å². The summed E-state index contributed by atoms with van der Waals surface area (Å²) in [6, 6.07) is 31.0. The Labute approximate surface area is 213 Å². The molecule has 0 aliphatic heterocycles. The van der Waals surface area contributed by atoms with Crippen LogP contribution in [-0.2, 0) is 6.42 Å². The number of hydrogen-bond donors (Lipinski definition) is 0. The summed E-state index contributed by atoms with van der Waals surface area (Å²) < 4.78 is 2.38. The molecule has 0 saturated heterocycles. The Hall–Kier alpha value is -3.91. The van der Waals surface area contributed by atoms with Gasteiger partial charge in [-0.15, -0.1) is 0 Å². The molecule has 2 heterocycles. The van der Waals surface area contributed by atoms with Crippen molar-refractivity contribution in [2.45, 2.75) is 46.5 Å². The van der Waals surface area contributed by atoms with Crippen molar-refractivity contribution in [1.29, 1.82) is 0 Å². The molecule has 36 heavy (non-hydrogen) atoms. The van der Waals surface area contributed by atoms with Gasteiger partial charge >= 0.3 is 0 Å². The standard InChI is InChI=1S/C34H32N2/c1-4-5-7-12-25-17-18-31-30(21-25)28-15-10-11-16-29(28)34-35-22-32(36(31)34)33-23(2)19-27(20-24(33)3)26-13-8-6-9-14-26/h6,8-11,13-22H,4-5,7,12H2,1-3H3. The van der Waals surface area contributed by atoms with Gasteiger partial charge in [-0.05, 0) is 72.0 Å². The molecule has 0 saturated carbocycles. The molecule has 4 aromatic carbocycles. The minimum Gasteiger partial charge on any atom is -0.292 e. The lowest BCUT2D eigenvalue weighted by atomic mass is 9.94. The van der Waals surface area contributed by atoms with Crippen LogP contribution in [0.5, 0.6) is 0 Å². The van der Waals surface area contributed by atoms with E-state index in [1.54, 1.807) is 0 Å². The van der Waals surface area contributed by atoms with Crippen molar-refractivity contribution in [3.05, 3.63) is 108 Å². The molecular formula is C34H32N2. The quantitative estimate of drug-likeness (QED) is 0.176. The SMILES string of the molecule is CCCCCc1ccc2c(c1)c1ccccc1c1ncc(-c3c(C)cc(-c4ccccc4)cc3C)n21. The predicted molar refractivity (Wildman–Crippen MR) is 154 cm³/mol. The molecule has 0 unspecified atom stereocenters. The zero-order valence-electron chi connectivity index (χ0n) is 21.4. The van der Waals surface area contributed by atoms with Gasteiger partial charge in [-0.3, -0.25) is 4.40 Å². The molecule has 6 aromatic rings. The fourth-order valence-corrected chi connectivity index (χ4v) is 5.77. The number of aryl methyl sites for hydroxylation is 3. The smallest absolute Gasteiger partial charge is 0.145 e. The molecular weight excluding hydrogens is 436 g/mol. The van der Waals surface area contributed by atoms with Gasteiger partial charge < -0.3 is 0 Å². The predicted octanol–water partition coefficient (Wildman–Crippen LogP) is 9.32. The first-order chi connectivity index (χ1) is 17.7. The lowest BCUT2D eigenvalue weighted by Gasteiger charge is -2.16. The Bertz CT molecular complexity index is 1680. The number of imidazole rings is 1. The van der Waals surface area contributed by atoms with Crippen molar-refractivity contribution in [2.24, 2.45) is 0 Å². The topological polar surface area (TPSA) is 17.3 Å². The molecule has 0 aliphatic carbocycles. The van der Waals surface area contributed by atoms with Gasteiger partial charge in [-0.25, -0.2) is 4.98 Å². The van der Waals surface area contributed by atoms with Crippen molar-refractivity contribution in [3.8, 4) is 22.4 Å². The third-order valence-corrected chi connectivity index (χ3v) is 7.49. The summed E-state index contributed by atoms with van der Waals surface area (Å²) >= 11 is 0. The van der Waals surface area contributed by atoms with Crippen LogP contribution in [0.3, 0.4) is 0 Å². The van der Waals surface area contributed by atoms with Crippen LogP contribution in [-0.4, -0.2) is 9.38 Å². The molecule has 0 fully saturated rings. The fourth-order valence-electron chi connectivity index (χ4n) is 5.77. The first-order valence-corrected chi connectivity index (χ1v) is 13.1. The van der Waals surface area contributed by atoms with Gasteiger partial charge in [0.2, 0.25) is 0 Å². The van der Waals surface area contributed by atoms with E-state index in [0.717, 1.165) is 17.8 Å². The largest absolute Gasteiger partial charge is 0.292 e. The Balaban J connectivity index is 1.59. The van der Waals surface area contributed by atoms with Gasteiger partial charge in [-0.1, -0.05) is 92.6 Å². The highest BCUT2D eigenvalue weighted by Gasteiger charge is 2.18. The van der Waals surface area contributed by atoms with Crippen molar-refractivity contribution >= 4 is 27.3 Å². The third-order valence-electron chi connectivity index (χ3n) is 7.49. The molecule has 2 aromatic heterocycles. The van der Waals surface area contributed by atoms with Crippen LogP contribution in [0.1, 0.15) is 42.9 Å². The van der Waals surface area contributed by atoms with E-state index >= 15 is 0 Å². The summed E-state index contributed by atoms with van der Waals surface area (Å²) in [5, 5.41) is 3.79. The van der Waals surface area contributed by atoms with Crippen LogP contribution in [0.2, 0.25) is 0 Å². The monoisotopic (exact) mass is 468 g/mol. The number of nitrogens with zero attached hydrogens (tertiary/aromatic N) is 2. The minimum absolute atomic E-state index is 1.03. The molecule has 6 rings (SSSR count). The van der Waals surface area contributed by atoms with Crippen LogP contribution < -0.4 is 0 Å². The first-order valence-electron chi connectivity index (χ1n) is 13.1. The number of unbranched alkanes of at least 4 members (excludes halogenated alkanes) is 2. The number of aromatic nitrogens is 2. The minimum atomic E-state index is 1.03. The van der Waals surface area contributed by atoms with E-state index < -0.39 is 0 Å². The maximum absolute atomic E-state index is 4.98. The number of hydrogen-bond acceptors (Lipinski definition) is 1. The second-order valence-electron chi connectivity index (χ2n) is 10.0. The van der Waals surface area contributed by atoms with E-state index in [1.165, 1.54) is 74.3 Å². The van der Waals surface area contributed by atoms with E-state index in [9.17, 15) is 0 Å². The second kappa shape index (κ2) is 9.28. The second-order valence-corrected chi connectivity index (χ2v) is 10.0. The van der Waals surface area contributed by atoms with Gasteiger partial charge in [0.25, 0.3) is 0 Å². The van der Waals surface area contributed by atoms with E-state index in [4.69, 9.17) is 4.98 Å². The van der Waals surface area contributed by atoms with E-state index in [2.05, 4.69) is 116 Å². The summed E-state index contributed by atoms with van der Waals surface area (Å²) in [4.78, 5) is 4.98. The molecule has 2 heteroatoms. The Morgan fingerprint density at radius 2 is 1.42 bits per heavy atom. The van der Waals surface area contributed by atoms with Crippen LogP contribution in [0, 0.1) is 13.8 Å². The summed E-state index contributed by atoms with van der Waals surface area (Å²) in [6.45, 7) is 6.72. The highest BCUT2D eigenvalue weighted by Crippen LogP contribution is 2.37. The zero-order chi connectivity index (χ0) is 24.6. The maximum Gasteiger partial charge on any atom is 0.145 e. The average Bonchev–Trinajstić information content (AvgIpc) is 3.34. The number of fused-ring (bicyclic) bond motifs is 6. The van der Waals surface area contributed by atoms with Crippen molar-refractivity contribution in [1.82, 2.24) is 9.38 Å². The highest BCUT2D eigenvalue weighted by atomic mass is 15.0. The van der Waals surface area contributed by atoms with E-state index in [1.807, 2.05) is 0 Å². The molecule has 0 N–H and O–H groups in total. The highest BCUT2D eigenvalue weighted by molar-refractivity contribution is 6.12. The Morgan fingerprint density at radius 3 is 2.17 bits per heavy atom. The fraction of sp³-hybridized carbons (Fsp3) is 0.206. The summed E-state index contributed by atoms with van der Waals surface area (Å²) in [5.41, 5.74) is 11.2. The maximum atomic E-state index is 4.98. The van der Waals surface area contributed by atoms with Gasteiger partial charge in [0.15, 0.2) is 0 Å². The first kappa shape index (κ1) is 22.5. The number of rotatable bonds is 6. The van der Waals surface area contributed by atoms with Crippen LogP contribution in [0.25, 0.3) is 49.7 Å². The zero-order valence-corrected chi connectivity index (χ0v) is 21.4. The number of benzene rings is 4. The third kappa shape index (κ3) is 3.78. The van der Waals surface area contributed by atoms with Crippen molar-refractivity contribution in [2.75, 3.05) is 0 Å². The van der Waals surface area contributed by atoms with Crippen LogP contribution in [0.15, 0.2) is 91.1 Å². The van der Waals surface area contributed by atoms with Gasteiger partial charge in [-0.2, -0.15) is 0 Å². The Kier molecular flexibility index (Phi) is 5.81. The average molecular weight is 469 g/mol. The van der Waals surface area contributed by atoms with Crippen molar-refractivity contribution in [3.63, 3.8) is 0 Å². The summed E-state index contributed by atoms with van der Waals surface area (Å²) in [7, 11) is 0. The molecule has 178 valence electrons. The summed E-state index contributed by atoms with van der Waals surface area (Å²) in [5.74, 6) is 0. The van der Waals surface area contributed by atoms with Gasteiger partial charge in [0.05, 0.1) is 17.4 Å². The van der Waals surface area contributed by atoms with E-state index in [-0.39, 0.29) is 0 Å². The molecule has 0 aliphatic rings. The molecule has 0 spiro atoms. The van der Waals surface area contributed by atoms with Gasteiger partial charge in [0, 0.05) is 16.3 Å². The lowest BCUT2D eigenvalue weighted by Crippen LogP contribution is -1.98.